The Morgan fingerprint density at radius 2 is 1.79 bits per heavy atom. The van der Waals surface area contributed by atoms with Gasteiger partial charge in [0.2, 0.25) is 11.8 Å². The van der Waals surface area contributed by atoms with E-state index >= 15 is 0 Å². The molecular weight excluding hydrogens is 680 g/mol. The van der Waals surface area contributed by atoms with E-state index in [1.807, 2.05) is 37.3 Å². The molecule has 3 aliphatic heterocycles. The molecule has 5 heterocycles. The third-order valence-corrected chi connectivity index (χ3v) is 11.0. The minimum Gasteiger partial charge on any atom is -0.496 e. The molecule has 4 aromatic rings. The van der Waals surface area contributed by atoms with E-state index in [4.69, 9.17) is 14.2 Å². The number of hydrogen-bond donors (Lipinski definition) is 2. The van der Waals surface area contributed by atoms with Crippen LogP contribution in [0.2, 0.25) is 0 Å². The van der Waals surface area contributed by atoms with Crippen molar-refractivity contribution < 1.29 is 33.4 Å². The van der Waals surface area contributed by atoms with Crippen molar-refractivity contribution in [3.63, 3.8) is 0 Å². The van der Waals surface area contributed by atoms with E-state index in [1.54, 1.807) is 50.3 Å². The molecule has 1 unspecified atom stereocenters. The number of aryl methyl sites for hydroxylation is 3. The number of nitrogens with zero attached hydrogens (tertiary/aromatic N) is 4. The molecule has 2 N–H and O–H groups in total. The Labute approximate surface area is 306 Å². The van der Waals surface area contributed by atoms with Crippen molar-refractivity contribution in [1.82, 2.24) is 29.9 Å². The van der Waals surface area contributed by atoms with Crippen LogP contribution in [0.25, 0.3) is 22.0 Å². The number of imide groups is 1. The van der Waals surface area contributed by atoms with Crippen molar-refractivity contribution in [1.29, 1.82) is 0 Å². The van der Waals surface area contributed by atoms with Gasteiger partial charge < -0.3 is 29.0 Å². The van der Waals surface area contributed by atoms with Gasteiger partial charge in [0, 0.05) is 55.3 Å². The van der Waals surface area contributed by atoms with Gasteiger partial charge in [0.1, 0.15) is 29.2 Å². The number of aromatic nitrogens is 3. The fraction of sp³-hybridized carbons (Fsp3) is 0.436. The molecule has 2 aromatic carbocycles. The first-order valence-corrected chi connectivity index (χ1v) is 17.9. The van der Waals surface area contributed by atoms with E-state index in [-0.39, 0.29) is 54.4 Å². The highest BCUT2D eigenvalue weighted by Gasteiger charge is 2.63. The number of amides is 4. The Hall–Kier alpha value is -5.50. The summed E-state index contributed by atoms with van der Waals surface area (Å²) in [5.41, 5.74) is 4.31. The maximum Gasteiger partial charge on any atom is 0.276 e. The van der Waals surface area contributed by atoms with Crippen molar-refractivity contribution >= 4 is 34.5 Å². The Bertz CT molecular complexity index is 2170. The van der Waals surface area contributed by atoms with E-state index in [2.05, 4.69) is 15.7 Å². The third kappa shape index (κ3) is 6.34. The number of carbonyl (C=O) groups excluding carboxylic acids is 4. The maximum absolute atomic E-state index is 13.4. The van der Waals surface area contributed by atoms with Gasteiger partial charge in [-0.25, -0.2) is 0 Å². The zero-order valence-electron chi connectivity index (χ0n) is 30.6. The summed E-state index contributed by atoms with van der Waals surface area (Å²) >= 11 is 0. The van der Waals surface area contributed by atoms with Crippen LogP contribution in [-0.2, 0) is 52.8 Å². The monoisotopic (exact) mass is 724 g/mol. The summed E-state index contributed by atoms with van der Waals surface area (Å²) in [4.78, 5) is 65.3. The van der Waals surface area contributed by atoms with Gasteiger partial charge in [-0.3, -0.25) is 34.0 Å². The number of ether oxygens (including phenoxy) is 3. The molecule has 14 heteroatoms. The lowest BCUT2D eigenvalue weighted by molar-refractivity contribution is -0.160. The van der Waals surface area contributed by atoms with Crippen LogP contribution in [-0.4, -0.2) is 75.3 Å². The number of pyridine rings is 1. The smallest absolute Gasteiger partial charge is 0.276 e. The van der Waals surface area contributed by atoms with E-state index in [0.717, 1.165) is 47.9 Å². The molecule has 53 heavy (non-hydrogen) atoms. The summed E-state index contributed by atoms with van der Waals surface area (Å²) in [6, 6.07) is 9.37. The topological polar surface area (TPSA) is 163 Å². The molecule has 8 rings (SSSR count). The molecule has 2 bridgehead atoms. The summed E-state index contributed by atoms with van der Waals surface area (Å²) < 4.78 is 20.3. The number of nitrogens with one attached hydrogen (secondary N) is 2. The standard InChI is InChI=1S/C39H44N6O8/c1-22(9-6-7-10-23-11-8-12-26-29(23)19-45(36(26)48)39-15-25(16-39)35(47)42-38(39)50)41-33(46)21-53-20-30-31(51-4)13-24(14-32(30)52-5)28-18-43(2)37(49)34-27(28)17-40-44(34)3/h8,11-14,17-18,22,25H,6-7,9-10,15-16,19-21H2,1-5H3,(H,41,46)(H,42,47,50). The Morgan fingerprint density at radius 1 is 1.06 bits per heavy atom. The van der Waals surface area contributed by atoms with E-state index in [0.29, 0.717) is 52.9 Å². The van der Waals surface area contributed by atoms with Gasteiger partial charge in [0.25, 0.3) is 17.4 Å². The fourth-order valence-electron chi connectivity index (χ4n) is 8.07. The molecule has 0 radical (unpaired) electrons. The molecule has 1 aliphatic carbocycles. The number of unbranched alkanes of at least 4 members (excludes halogenated alkanes) is 1. The summed E-state index contributed by atoms with van der Waals surface area (Å²) in [5, 5.41) is 10.4. The van der Waals surface area contributed by atoms with Gasteiger partial charge in [-0.1, -0.05) is 18.6 Å². The zero-order chi connectivity index (χ0) is 37.6. The first-order valence-electron chi connectivity index (χ1n) is 17.9. The molecular formula is C39H44N6O8. The maximum atomic E-state index is 13.4. The van der Waals surface area contributed by atoms with Crippen LogP contribution in [0.4, 0.5) is 0 Å². The first-order chi connectivity index (χ1) is 25.4. The lowest BCUT2D eigenvalue weighted by atomic mass is 9.63. The van der Waals surface area contributed by atoms with Gasteiger partial charge in [0.15, 0.2) is 0 Å². The molecule has 278 valence electrons. The second kappa shape index (κ2) is 14.1. The Kier molecular flexibility index (Phi) is 9.58. The normalized spacial score (nSPS) is 19.5. The minimum atomic E-state index is -0.925. The van der Waals surface area contributed by atoms with E-state index < -0.39 is 5.54 Å². The summed E-state index contributed by atoms with van der Waals surface area (Å²) in [5.74, 6) is -0.154. The number of hydrogen-bond acceptors (Lipinski definition) is 9. The first kappa shape index (κ1) is 35.9. The zero-order valence-corrected chi connectivity index (χ0v) is 30.6. The van der Waals surface area contributed by atoms with Gasteiger partial charge in [0.05, 0.1) is 32.6 Å². The highest BCUT2D eigenvalue weighted by atomic mass is 16.5. The van der Waals surface area contributed by atoms with Crippen molar-refractivity contribution in [2.75, 3.05) is 20.8 Å². The van der Waals surface area contributed by atoms with E-state index in [1.165, 1.54) is 4.57 Å². The van der Waals surface area contributed by atoms with Crippen LogP contribution in [0.3, 0.4) is 0 Å². The quantitative estimate of drug-likeness (QED) is 0.147. The molecule has 1 saturated carbocycles. The number of methoxy groups -OCH3 is 2. The molecule has 1 atom stereocenters. The van der Waals surface area contributed by atoms with Crippen LogP contribution >= 0.6 is 0 Å². The number of benzene rings is 2. The number of carbonyl (C=O) groups is 4. The van der Waals surface area contributed by atoms with Crippen LogP contribution in [0.15, 0.2) is 47.5 Å². The van der Waals surface area contributed by atoms with E-state index in [9.17, 15) is 24.0 Å². The van der Waals surface area contributed by atoms with Gasteiger partial charge in [-0.15, -0.1) is 0 Å². The van der Waals surface area contributed by atoms with Crippen molar-refractivity contribution in [3.05, 3.63) is 75.3 Å². The second-order valence-electron chi connectivity index (χ2n) is 14.3. The Balaban J connectivity index is 0.900. The lowest BCUT2D eigenvalue weighted by Crippen LogP contribution is -2.73. The molecule has 2 saturated heterocycles. The Morgan fingerprint density at radius 3 is 2.49 bits per heavy atom. The van der Waals surface area contributed by atoms with Crippen molar-refractivity contribution in [3.8, 4) is 22.6 Å². The predicted octanol–water partition coefficient (Wildman–Crippen LogP) is 3.15. The highest BCUT2D eigenvalue weighted by Crippen LogP contribution is 2.49. The second-order valence-corrected chi connectivity index (χ2v) is 14.3. The van der Waals surface area contributed by atoms with Crippen molar-refractivity contribution in [2.24, 2.45) is 20.0 Å². The number of piperidine rings is 2. The average Bonchev–Trinajstić information content (AvgIpc) is 3.67. The largest absolute Gasteiger partial charge is 0.496 e. The number of rotatable bonds is 14. The number of fused-ring (bicyclic) bond motifs is 4. The molecule has 3 fully saturated rings. The predicted molar refractivity (Wildman–Crippen MR) is 194 cm³/mol. The van der Waals surface area contributed by atoms with Crippen LogP contribution in [0, 0.1) is 5.92 Å². The summed E-state index contributed by atoms with van der Waals surface area (Å²) in [6.07, 6.45) is 7.49. The molecule has 14 nitrogen and oxygen atoms in total. The van der Waals surface area contributed by atoms with Gasteiger partial charge >= 0.3 is 0 Å². The molecule has 4 amide bonds. The molecule has 4 aliphatic rings. The summed E-state index contributed by atoms with van der Waals surface area (Å²) in [7, 11) is 6.54. The van der Waals surface area contributed by atoms with Gasteiger partial charge in [-0.2, -0.15) is 5.10 Å². The SMILES string of the molecule is COc1cc(-c2cn(C)c(=O)c3c2cnn3C)cc(OC)c1COCC(=O)NC(C)CCCCc1cccc2c1CN(C13CC(C1)C(=O)NC3=O)C2=O. The lowest BCUT2D eigenvalue weighted by Gasteiger charge is -2.53. The minimum absolute atomic E-state index is 0.0719. The van der Waals surface area contributed by atoms with Crippen LogP contribution in [0.5, 0.6) is 11.5 Å². The summed E-state index contributed by atoms with van der Waals surface area (Å²) in [6.45, 7) is 2.26. The molecule has 0 spiro atoms. The van der Waals surface area contributed by atoms with Crippen molar-refractivity contribution in [2.45, 2.75) is 70.2 Å². The highest BCUT2D eigenvalue weighted by molar-refractivity contribution is 6.11. The van der Waals surface area contributed by atoms with Gasteiger partial charge in [-0.05, 0) is 73.9 Å². The fourth-order valence-corrected chi connectivity index (χ4v) is 8.07. The molecule has 2 aromatic heterocycles. The third-order valence-electron chi connectivity index (χ3n) is 11.0. The van der Waals surface area contributed by atoms with Crippen LogP contribution in [0.1, 0.15) is 66.1 Å². The average molecular weight is 725 g/mol. The van der Waals surface area contributed by atoms with Crippen LogP contribution < -0.4 is 25.7 Å².